The lowest BCUT2D eigenvalue weighted by Gasteiger charge is -1.96. The Kier molecular flexibility index (Phi) is 2.04. The maximum Gasteiger partial charge on any atom is 0.290 e. The maximum absolute atomic E-state index is 11.5. The molecule has 1 aromatic carbocycles. The number of hydrogen-bond donors (Lipinski definition) is 1. The van der Waals surface area contributed by atoms with Crippen molar-refractivity contribution in [1.29, 1.82) is 0 Å². The lowest BCUT2D eigenvalue weighted by molar-refractivity contribution is 0.848. The number of nitrogens with zero attached hydrogens (tertiary/aromatic N) is 3. The minimum atomic E-state index is -0.238. The van der Waals surface area contributed by atoms with E-state index in [0.717, 1.165) is 11.3 Å². The largest absolute Gasteiger partial charge is 0.290 e. The summed E-state index contributed by atoms with van der Waals surface area (Å²) in [5, 5.41) is 10.4. The second kappa shape index (κ2) is 3.55. The van der Waals surface area contributed by atoms with Crippen LogP contribution in [0.1, 0.15) is 5.56 Å². The van der Waals surface area contributed by atoms with Gasteiger partial charge < -0.3 is 0 Å². The summed E-state index contributed by atoms with van der Waals surface area (Å²) < 4.78 is 1.48. The topological polar surface area (TPSA) is 63.0 Å². The van der Waals surface area contributed by atoms with E-state index < -0.39 is 0 Å². The van der Waals surface area contributed by atoms with E-state index in [1.165, 1.54) is 16.4 Å². The Morgan fingerprint density at radius 2 is 2.00 bits per heavy atom. The molecule has 84 valence electrons. The molecule has 0 saturated heterocycles. The molecule has 0 bridgehead atoms. The molecule has 0 aliphatic carbocycles. The lowest BCUT2D eigenvalue weighted by atomic mass is 10.1. The third kappa shape index (κ3) is 1.61. The van der Waals surface area contributed by atoms with Crippen LogP contribution in [-0.4, -0.2) is 19.8 Å². The molecular formula is C12H10N4O. The van der Waals surface area contributed by atoms with Gasteiger partial charge in [0.2, 0.25) is 0 Å². The molecule has 0 aliphatic rings. The van der Waals surface area contributed by atoms with Crippen LogP contribution in [-0.2, 0) is 0 Å². The first kappa shape index (κ1) is 9.77. The molecule has 0 atom stereocenters. The molecule has 3 aromatic rings. The van der Waals surface area contributed by atoms with Gasteiger partial charge in [0.15, 0.2) is 0 Å². The van der Waals surface area contributed by atoms with Crippen LogP contribution < -0.4 is 5.56 Å². The number of nitrogens with one attached hydrogen (secondary N) is 1. The first-order valence-corrected chi connectivity index (χ1v) is 5.24. The Balaban J connectivity index is 2.21. The maximum atomic E-state index is 11.5. The number of H-pyrrole nitrogens is 1. The minimum Gasteiger partial charge on any atom is -0.266 e. The van der Waals surface area contributed by atoms with Crippen molar-refractivity contribution in [2.45, 2.75) is 6.92 Å². The SMILES string of the molecule is Cc1ccc(-c2cc3c(=O)[nH]ncn3n2)cc1. The Hall–Kier alpha value is -2.43. The van der Waals surface area contributed by atoms with Crippen molar-refractivity contribution in [1.82, 2.24) is 19.8 Å². The number of aromatic amines is 1. The molecule has 0 amide bonds. The molecule has 0 spiro atoms. The zero-order valence-corrected chi connectivity index (χ0v) is 9.21. The van der Waals surface area contributed by atoms with Gasteiger partial charge >= 0.3 is 0 Å². The van der Waals surface area contributed by atoms with E-state index in [0.29, 0.717) is 5.52 Å². The van der Waals surface area contributed by atoms with E-state index in [9.17, 15) is 4.79 Å². The number of fused-ring (bicyclic) bond motifs is 1. The van der Waals surface area contributed by atoms with Crippen LogP contribution in [0.3, 0.4) is 0 Å². The van der Waals surface area contributed by atoms with Crippen molar-refractivity contribution in [2.24, 2.45) is 0 Å². The van der Waals surface area contributed by atoms with E-state index in [2.05, 4.69) is 15.3 Å². The van der Waals surface area contributed by atoms with E-state index in [-0.39, 0.29) is 5.56 Å². The number of aromatic nitrogens is 4. The van der Waals surface area contributed by atoms with Crippen LogP contribution in [0.25, 0.3) is 16.8 Å². The molecule has 2 heterocycles. The van der Waals surface area contributed by atoms with Gasteiger partial charge in [-0.1, -0.05) is 29.8 Å². The zero-order valence-electron chi connectivity index (χ0n) is 9.21. The third-order valence-corrected chi connectivity index (χ3v) is 2.65. The first-order chi connectivity index (χ1) is 8.24. The average molecular weight is 226 g/mol. The van der Waals surface area contributed by atoms with Crippen molar-refractivity contribution in [3.05, 3.63) is 52.6 Å². The zero-order chi connectivity index (χ0) is 11.8. The van der Waals surface area contributed by atoms with Crippen LogP contribution in [0.15, 0.2) is 41.5 Å². The Morgan fingerprint density at radius 1 is 1.24 bits per heavy atom. The Bertz CT molecular complexity index is 724. The van der Waals surface area contributed by atoms with Crippen molar-refractivity contribution >= 4 is 5.52 Å². The van der Waals surface area contributed by atoms with Crippen LogP contribution in [0, 0.1) is 6.92 Å². The quantitative estimate of drug-likeness (QED) is 0.682. The van der Waals surface area contributed by atoms with Crippen molar-refractivity contribution in [3.63, 3.8) is 0 Å². The van der Waals surface area contributed by atoms with Gasteiger partial charge in [-0.15, -0.1) is 0 Å². The summed E-state index contributed by atoms with van der Waals surface area (Å²) in [4.78, 5) is 11.5. The van der Waals surface area contributed by atoms with Crippen LogP contribution in [0.5, 0.6) is 0 Å². The van der Waals surface area contributed by atoms with Gasteiger partial charge in [0.25, 0.3) is 5.56 Å². The second-order valence-electron chi connectivity index (χ2n) is 3.91. The molecule has 0 radical (unpaired) electrons. The standard InChI is InChI=1S/C12H10N4O/c1-8-2-4-9(5-3-8)10-6-11-12(17)14-13-7-16(11)15-10/h2-7H,1H3,(H,14,17). The van der Waals surface area contributed by atoms with Crippen molar-refractivity contribution in [2.75, 3.05) is 0 Å². The molecular weight excluding hydrogens is 216 g/mol. The summed E-state index contributed by atoms with van der Waals surface area (Å²) in [5.41, 5.74) is 3.20. The van der Waals surface area contributed by atoms with E-state index >= 15 is 0 Å². The summed E-state index contributed by atoms with van der Waals surface area (Å²) in [6, 6.07) is 9.76. The minimum absolute atomic E-state index is 0.238. The van der Waals surface area contributed by atoms with Gasteiger partial charge in [0.1, 0.15) is 11.8 Å². The monoisotopic (exact) mass is 226 g/mol. The van der Waals surface area contributed by atoms with Crippen LogP contribution in [0.4, 0.5) is 0 Å². The van der Waals surface area contributed by atoms with E-state index in [4.69, 9.17) is 0 Å². The van der Waals surface area contributed by atoms with Gasteiger partial charge in [-0.05, 0) is 13.0 Å². The molecule has 5 nitrogen and oxygen atoms in total. The number of hydrogen-bond acceptors (Lipinski definition) is 3. The van der Waals surface area contributed by atoms with Gasteiger partial charge in [0, 0.05) is 5.56 Å². The highest BCUT2D eigenvalue weighted by molar-refractivity contribution is 5.65. The molecule has 0 aliphatic heterocycles. The van der Waals surface area contributed by atoms with Gasteiger partial charge in [-0.2, -0.15) is 10.2 Å². The van der Waals surface area contributed by atoms with E-state index in [1.54, 1.807) is 6.07 Å². The van der Waals surface area contributed by atoms with Crippen LogP contribution in [0.2, 0.25) is 0 Å². The van der Waals surface area contributed by atoms with E-state index in [1.807, 2.05) is 31.2 Å². The fraction of sp³-hybridized carbons (Fsp3) is 0.0833. The third-order valence-electron chi connectivity index (χ3n) is 2.65. The lowest BCUT2D eigenvalue weighted by Crippen LogP contribution is -2.10. The average Bonchev–Trinajstić information content (AvgIpc) is 2.75. The summed E-state index contributed by atoms with van der Waals surface area (Å²) in [7, 11) is 0. The highest BCUT2D eigenvalue weighted by Crippen LogP contribution is 2.18. The number of aryl methyl sites for hydroxylation is 1. The van der Waals surface area contributed by atoms with Gasteiger partial charge in [-0.25, -0.2) is 9.61 Å². The molecule has 0 unspecified atom stereocenters. The summed E-state index contributed by atoms with van der Waals surface area (Å²) in [6.07, 6.45) is 1.48. The number of rotatable bonds is 1. The predicted molar refractivity (Wildman–Crippen MR) is 63.8 cm³/mol. The van der Waals surface area contributed by atoms with Crippen molar-refractivity contribution < 1.29 is 0 Å². The molecule has 0 saturated carbocycles. The smallest absolute Gasteiger partial charge is 0.266 e. The van der Waals surface area contributed by atoms with Crippen LogP contribution >= 0.6 is 0 Å². The summed E-state index contributed by atoms with van der Waals surface area (Å²) in [5.74, 6) is 0. The Labute approximate surface area is 96.7 Å². The second-order valence-corrected chi connectivity index (χ2v) is 3.91. The Morgan fingerprint density at radius 3 is 2.71 bits per heavy atom. The highest BCUT2D eigenvalue weighted by Gasteiger charge is 2.06. The molecule has 17 heavy (non-hydrogen) atoms. The summed E-state index contributed by atoms with van der Waals surface area (Å²) >= 11 is 0. The normalized spacial score (nSPS) is 10.9. The molecule has 0 fully saturated rings. The highest BCUT2D eigenvalue weighted by atomic mass is 16.1. The number of benzene rings is 1. The van der Waals surface area contributed by atoms with Gasteiger partial charge in [0.05, 0.1) is 5.69 Å². The first-order valence-electron chi connectivity index (χ1n) is 5.24. The molecule has 1 N–H and O–H groups in total. The molecule has 5 heteroatoms. The fourth-order valence-corrected chi connectivity index (χ4v) is 1.72. The molecule has 2 aromatic heterocycles. The predicted octanol–water partition coefficient (Wildman–Crippen LogP) is 1.39. The molecule has 3 rings (SSSR count). The van der Waals surface area contributed by atoms with Gasteiger partial charge in [-0.3, -0.25) is 4.79 Å². The fourth-order valence-electron chi connectivity index (χ4n) is 1.72. The summed E-state index contributed by atoms with van der Waals surface area (Å²) in [6.45, 7) is 2.03. The van der Waals surface area contributed by atoms with Crippen molar-refractivity contribution in [3.8, 4) is 11.3 Å².